The minimum Gasteiger partial charge on any atom is -0.384 e. The van der Waals surface area contributed by atoms with Crippen LogP contribution in [0.1, 0.15) is 43.0 Å². The van der Waals surface area contributed by atoms with E-state index >= 15 is 0 Å². The number of rotatable bonds is 5. The molecule has 0 unspecified atom stereocenters. The van der Waals surface area contributed by atoms with Crippen molar-refractivity contribution in [3.63, 3.8) is 0 Å². The highest BCUT2D eigenvalue weighted by Gasteiger charge is 2.42. The first-order valence-corrected chi connectivity index (χ1v) is 11.3. The molecular formula is C22H28N4O3S. The normalized spacial score (nSPS) is 17.6. The molecule has 160 valence electrons. The molecule has 0 saturated carbocycles. The molecule has 2 aliphatic rings. The Morgan fingerprint density at radius 1 is 1.33 bits per heavy atom. The number of fused-ring (bicyclic) bond motifs is 2. The van der Waals surface area contributed by atoms with Crippen LogP contribution in [0.15, 0.2) is 24.3 Å². The summed E-state index contributed by atoms with van der Waals surface area (Å²) >= 11 is 1.77. The number of nitrogen functional groups attached to an aromatic ring is 1. The van der Waals surface area contributed by atoms with E-state index in [2.05, 4.69) is 16.4 Å². The number of amides is 2. The zero-order valence-electron chi connectivity index (χ0n) is 17.3. The molecule has 3 N–H and O–H groups in total. The van der Waals surface area contributed by atoms with Gasteiger partial charge < -0.3 is 20.7 Å². The third-order valence-corrected chi connectivity index (χ3v) is 7.11. The molecule has 0 aromatic carbocycles. The van der Waals surface area contributed by atoms with E-state index in [0.29, 0.717) is 44.9 Å². The van der Waals surface area contributed by atoms with Crippen molar-refractivity contribution in [1.82, 2.24) is 15.2 Å². The molecule has 2 amide bonds. The van der Waals surface area contributed by atoms with Crippen molar-refractivity contribution in [1.29, 1.82) is 0 Å². The van der Waals surface area contributed by atoms with Crippen molar-refractivity contribution in [2.24, 2.45) is 0 Å². The van der Waals surface area contributed by atoms with Crippen LogP contribution in [0.5, 0.6) is 0 Å². The summed E-state index contributed by atoms with van der Waals surface area (Å²) in [5.74, 6) is 0.618. The van der Waals surface area contributed by atoms with Gasteiger partial charge in [0.15, 0.2) is 0 Å². The zero-order valence-corrected chi connectivity index (χ0v) is 18.1. The molecule has 2 aromatic rings. The van der Waals surface area contributed by atoms with Crippen LogP contribution < -0.4 is 11.1 Å². The molecule has 30 heavy (non-hydrogen) atoms. The molecule has 0 radical (unpaired) electrons. The van der Waals surface area contributed by atoms with Crippen molar-refractivity contribution in [2.75, 3.05) is 32.0 Å². The van der Waals surface area contributed by atoms with E-state index in [9.17, 15) is 9.59 Å². The van der Waals surface area contributed by atoms with Gasteiger partial charge >= 0.3 is 0 Å². The number of nitrogens with one attached hydrogen (secondary N) is 1. The number of hydrogen-bond acceptors (Lipinski definition) is 6. The lowest BCUT2D eigenvalue weighted by Crippen LogP contribution is -2.48. The number of thiophene rings is 1. The fourth-order valence-electron chi connectivity index (χ4n) is 4.32. The number of hydrogen-bond donors (Lipinski definition) is 2. The van der Waals surface area contributed by atoms with Gasteiger partial charge in [-0.2, -0.15) is 0 Å². The van der Waals surface area contributed by atoms with E-state index in [1.807, 2.05) is 17.0 Å². The van der Waals surface area contributed by atoms with E-state index < -0.39 is 0 Å². The van der Waals surface area contributed by atoms with Gasteiger partial charge in [0.25, 0.3) is 0 Å². The third-order valence-electron chi connectivity index (χ3n) is 5.90. The predicted octanol–water partition coefficient (Wildman–Crippen LogP) is 2.70. The highest BCUT2D eigenvalue weighted by Crippen LogP contribution is 2.46. The molecule has 4 rings (SSSR count). The van der Waals surface area contributed by atoms with E-state index in [4.69, 9.17) is 10.5 Å². The highest BCUT2D eigenvalue weighted by atomic mass is 32.1. The Morgan fingerprint density at radius 3 is 2.87 bits per heavy atom. The Balaban J connectivity index is 1.42. The minimum absolute atomic E-state index is 0.0591. The summed E-state index contributed by atoms with van der Waals surface area (Å²) in [6.07, 6.45) is 3.65. The number of ether oxygens (including phenoxy) is 1. The Bertz CT molecular complexity index is 934. The van der Waals surface area contributed by atoms with Crippen LogP contribution in [-0.2, 0) is 26.3 Å². The fraction of sp³-hybridized carbons (Fsp3) is 0.500. The number of nitrogens with zero attached hydrogens (tertiary/aromatic N) is 2. The number of likely N-dealkylation sites (tertiary alicyclic amines) is 1. The van der Waals surface area contributed by atoms with Gasteiger partial charge in [-0.15, -0.1) is 11.3 Å². The summed E-state index contributed by atoms with van der Waals surface area (Å²) in [5, 5.41) is 2.74. The maximum atomic E-state index is 12.5. The number of anilines is 1. The second-order valence-corrected chi connectivity index (χ2v) is 9.09. The summed E-state index contributed by atoms with van der Waals surface area (Å²) < 4.78 is 6.33. The number of carbonyl (C=O) groups excluding carboxylic acids is 2. The third kappa shape index (κ3) is 4.34. The van der Waals surface area contributed by atoms with Crippen LogP contribution in [0.3, 0.4) is 0 Å². The molecule has 1 fully saturated rings. The second kappa shape index (κ2) is 8.73. The first kappa shape index (κ1) is 20.8. The summed E-state index contributed by atoms with van der Waals surface area (Å²) in [7, 11) is 0. The first-order valence-electron chi connectivity index (χ1n) is 10.5. The van der Waals surface area contributed by atoms with Crippen LogP contribution >= 0.6 is 11.3 Å². The van der Waals surface area contributed by atoms with Crippen LogP contribution in [0.4, 0.5) is 5.82 Å². The SMILES string of the molecule is CC(=O)NCCCC(=O)N1CCC2(CC1)OCCc1sc(-c3cccc(N)n3)cc12. The molecule has 0 bridgehead atoms. The number of pyridine rings is 1. The molecule has 1 spiro atoms. The van der Waals surface area contributed by atoms with Gasteiger partial charge in [0.1, 0.15) is 5.82 Å². The number of nitrogens with two attached hydrogens (primary N) is 1. The van der Waals surface area contributed by atoms with Crippen molar-refractivity contribution < 1.29 is 14.3 Å². The average molecular weight is 429 g/mol. The van der Waals surface area contributed by atoms with Crippen LogP contribution in [-0.4, -0.2) is 47.9 Å². The van der Waals surface area contributed by atoms with Crippen molar-refractivity contribution in [3.05, 3.63) is 34.7 Å². The van der Waals surface area contributed by atoms with Crippen molar-refractivity contribution in [3.8, 4) is 10.6 Å². The van der Waals surface area contributed by atoms with Gasteiger partial charge in [0.2, 0.25) is 11.8 Å². The Kier molecular flexibility index (Phi) is 6.06. The van der Waals surface area contributed by atoms with E-state index in [-0.39, 0.29) is 17.4 Å². The van der Waals surface area contributed by atoms with Gasteiger partial charge in [-0.05, 0) is 43.0 Å². The Labute approximate surface area is 180 Å². The van der Waals surface area contributed by atoms with Gasteiger partial charge in [-0.1, -0.05) is 6.07 Å². The molecule has 0 aliphatic carbocycles. The molecule has 2 aromatic heterocycles. The van der Waals surface area contributed by atoms with E-state index in [1.54, 1.807) is 17.4 Å². The van der Waals surface area contributed by atoms with Crippen molar-refractivity contribution >= 4 is 29.0 Å². The first-order chi connectivity index (χ1) is 14.5. The lowest BCUT2D eigenvalue weighted by atomic mass is 9.82. The summed E-state index contributed by atoms with van der Waals surface area (Å²) in [6.45, 7) is 4.13. The zero-order chi connectivity index (χ0) is 21.1. The monoisotopic (exact) mass is 428 g/mol. The number of piperidine rings is 1. The quantitative estimate of drug-likeness (QED) is 0.714. The van der Waals surface area contributed by atoms with Crippen molar-refractivity contribution in [2.45, 2.75) is 44.6 Å². The maximum Gasteiger partial charge on any atom is 0.222 e. The largest absolute Gasteiger partial charge is 0.384 e. The molecular weight excluding hydrogens is 400 g/mol. The lowest BCUT2D eigenvalue weighted by Gasteiger charge is -2.44. The summed E-state index contributed by atoms with van der Waals surface area (Å²) in [5.41, 5.74) is 7.72. The summed E-state index contributed by atoms with van der Waals surface area (Å²) in [6, 6.07) is 7.93. The average Bonchev–Trinajstić information content (AvgIpc) is 3.18. The van der Waals surface area contributed by atoms with E-state index in [1.165, 1.54) is 17.4 Å². The van der Waals surface area contributed by atoms with Crippen LogP contribution in [0, 0.1) is 0 Å². The van der Waals surface area contributed by atoms with Gasteiger partial charge in [-0.3, -0.25) is 9.59 Å². The second-order valence-electron chi connectivity index (χ2n) is 7.96. The van der Waals surface area contributed by atoms with E-state index in [0.717, 1.165) is 29.8 Å². The topological polar surface area (TPSA) is 97.5 Å². The molecule has 1 saturated heterocycles. The van der Waals surface area contributed by atoms with Crippen LogP contribution in [0.25, 0.3) is 10.6 Å². The van der Waals surface area contributed by atoms with Gasteiger partial charge in [0.05, 0.1) is 22.8 Å². The molecule has 8 heteroatoms. The molecule has 4 heterocycles. The van der Waals surface area contributed by atoms with Gasteiger partial charge in [-0.25, -0.2) is 4.98 Å². The number of aromatic nitrogens is 1. The highest BCUT2D eigenvalue weighted by molar-refractivity contribution is 7.15. The Hall–Kier alpha value is -2.45. The molecule has 2 aliphatic heterocycles. The standard InChI is InChI=1S/C22H28N4O3S/c1-15(27)24-10-3-6-21(28)26-11-8-22(9-12-26)16-14-19(30-18(16)7-13-29-22)17-4-2-5-20(23)25-17/h2,4-5,14H,3,6-13H2,1H3,(H2,23,25)(H,24,27). The van der Waals surface area contributed by atoms with Gasteiger partial charge in [0, 0.05) is 44.3 Å². The summed E-state index contributed by atoms with van der Waals surface area (Å²) in [4.78, 5) is 32.4. The minimum atomic E-state index is -0.310. The lowest BCUT2D eigenvalue weighted by molar-refractivity contribution is -0.140. The fourth-order valence-corrected chi connectivity index (χ4v) is 5.53. The smallest absolute Gasteiger partial charge is 0.222 e. The number of carbonyl (C=O) groups is 2. The Morgan fingerprint density at radius 2 is 2.13 bits per heavy atom. The predicted molar refractivity (Wildman–Crippen MR) is 117 cm³/mol. The maximum absolute atomic E-state index is 12.5. The molecule has 0 atom stereocenters. The molecule has 7 nitrogen and oxygen atoms in total. The van der Waals surface area contributed by atoms with Crippen LogP contribution in [0.2, 0.25) is 0 Å².